The first-order valence-electron chi connectivity index (χ1n) is 6.41. The first-order chi connectivity index (χ1) is 7.80. The molecule has 0 atom stereocenters. The van der Waals surface area contributed by atoms with Gasteiger partial charge in [0.25, 0.3) is 0 Å². The fourth-order valence-electron chi connectivity index (χ4n) is 2.53. The fourth-order valence-corrected chi connectivity index (χ4v) is 2.53. The zero-order chi connectivity index (χ0) is 12.7. The molecule has 0 saturated heterocycles. The zero-order valence-corrected chi connectivity index (χ0v) is 11.1. The van der Waals surface area contributed by atoms with E-state index in [2.05, 4.69) is 26.8 Å². The lowest BCUT2D eigenvalue weighted by Gasteiger charge is -2.39. The van der Waals surface area contributed by atoms with E-state index in [1.807, 2.05) is 6.07 Å². The SMILES string of the molecule is CC(C)(C)Cc1ccc(O)c(C2(N)CCC2)c1. The van der Waals surface area contributed by atoms with Crippen molar-refractivity contribution in [3.8, 4) is 5.75 Å². The van der Waals surface area contributed by atoms with Gasteiger partial charge < -0.3 is 10.8 Å². The second-order valence-corrected chi connectivity index (χ2v) is 6.60. The summed E-state index contributed by atoms with van der Waals surface area (Å²) in [5, 5.41) is 9.95. The maximum atomic E-state index is 9.95. The van der Waals surface area contributed by atoms with E-state index in [4.69, 9.17) is 5.73 Å². The van der Waals surface area contributed by atoms with Gasteiger partial charge >= 0.3 is 0 Å². The zero-order valence-electron chi connectivity index (χ0n) is 11.1. The second-order valence-electron chi connectivity index (χ2n) is 6.60. The summed E-state index contributed by atoms with van der Waals surface area (Å²) < 4.78 is 0. The third-order valence-corrected chi connectivity index (χ3v) is 3.58. The highest BCUT2D eigenvalue weighted by molar-refractivity contribution is 5.42. The Balaban J connectivity index is 2.30. The molecule has 1 fully saturated rings. The van der Waals surface area contributed by atoms with Crippen molar-refractivity contribution >= 4 is 0 Å². The molecule has 1 aromatic rings. The summed E-state index contributed by atoms with van der Waals surface area (Å²) in [6.45, 7) is 6.67. The van der Waals surface area contributed by atoms with Gasteiger partial charge in [-0.3, -0.25) is 0 Å². The molecule has 94 valence electrons. The van der Waals surface area contributed by atoms with Crippen LogP contribution in [0.3, 0.4) is 0 Å². The molecule has 0 aromatic heterocycles. The summed E-state index contributed by atoms with van der Waals surface area (Å²) >= 11 is 0. The van der Waals surface area contributed by atoms with Crippen LogP contribution < -0.4 is 5.73 Å². The molecule has 0 radical (unpaired) electrons. The minimum Gasteiger partial charge on any atom is -0.508 e. The van der Waals surface area contributed by atoms with Gasteiger partial charge in [-0.25, -0.2) is 0 Å². The average molecular weight is 233 g/mol. The van der Waals surface area contributed by atoms with Crippen LogP contribution in [0.1, 0.15) is 51.2 Å². The van der Waals surface area contributed by atoms with Crippen molar-refractivity contribution in [2.45, 2.75) is 52.0 Å². The number of hydrogen-bond acceptors (Lipinski definition) is 2. The molecule has 2 heteroatoms. The molecule has 2 rings (SSSR count). The van der Waals surface area contributed by atoms with E-state index in [9.17, 15) is 5.11 Å². The Morgan fingerprint density at radius 1 is 1.29 bits per heavy atom. The van der Waals surface area contributed by atoms with E-state index in [0.717, 1.165) is 24.8 Å². The van der Waals surface area contributed by atoms with Gasteiger partial charge in [-0.1, -0.05) is 32.9 Å². The number of phenolic OH excluding ortho intramolecular Hbond substituents is 1. The van der Waals surface area contributed by atoms with Crippen LogP contribution in [0.2, 0.25) is 0 Å². The smallest absolute Gasteiger partial charge is 0.120 e. The van der Waals surface area contributed by atoms with Crippen LogP contribution in [0.4, 0.5) is 0 Å². The standard InChI is InChI=1S/C15H23NO/c1-14(2,3)10-11-5-6-13(17)12(9-11)15(16)7-4-8-15/h5-6,9,17H,4,7-8,10,16H2,1-3H3. The molecule has 1 aromatic carbocycles. The normalized spacial score (nSPS) is 18.8. The van der Waals surface area contributed by atoms with Crippen LogP contribution in [0.5, 0.6) is 5.75 Å². The Bertz CT molecular complexity index is 413. The van der Waals surface area contributed by atoms with Crippen LogP contribution in [0.25, 0.3) is 0 Å². The number of nitrogens with two attached hydrogens (primary N) is 1. The lowest BCUT2D eigenvalue weighted by molar-refractivity contribution is 0.245. The van der Waals surface area contributed by atoms with Crippen molar-refractivity contribution in [3.63, 3.8) is 0 Å². The molecule has 17 heavy (non-hydrogen) atoms. The average Bonchev–Trinajstić information content (AvgIpc) is 2.15. The lowest BCUT2D eigenvalue weighted by atomic mass is 9.71. The summed E-state index contributed by atoms with van der Waals surface area (Å²) in [6.07, 6.45) is 4.15. The van der Waals surface area contributed by atoms with Gasteiger partial charge in [-0.05, 0) is 42.7 Å². The highest BCUT2D eigenvalue weighted by Gasteiger charge is 2.36. The van der Waals surface area contributed by atoms with E-state index in [0.29, 0.717) is 5.75 Å². The second kappa shape index (κ2) is 4.02. The van der Waals surface area contributed by atoms with E-state index in [1.165, 1.54) is 12.0 Å². The van der Waals surface area contributed by atoms with Gasteiger partial charge in [0.1, 0.15) is 5.75 Å². The number of benzene rings is 1. The molecular formula is C15H23NO. The van der Waals surface area contributed by atoms with Crippen LogP contribution in [-0.4, -0.2) is 5.11 Å². The lowest BCUT2D eigenvalue weighted by Crippen LogP contribution is -2.43. The van der Waals surface area contributed by atoms with Crippen LogP contribution in [0.15, 0.2) is 18.2 Å². The molecule has 0 amide bonds. The Kier molecular flexibility index (Phi) is 2.94. The minimum atomic E-state index is -0.280. The first kappa shape index (κ1) is 12.4. The van der Waals surface area contributed by atoms with Crippen molar-refractivity contribution in [1.82, 2.24) is 0 Å². The third-order valence-electron chi connectivity index (χ3n) is 3.58. The van der Waals surface area contributed by atoms with Gasteiger partial charge in [0, 0.05) is 11.1 Å². The van der Waals surface area contributed by atoms with Crippen molar-refractivity contribution in [2.75, 3.05) is 0 Å². The highest BCUT2D eigenvalue weighted by Crippen LogP contribution is 2.43. The van der Waals surface area contributed by atoms with Gasteiger partial charge in [-0.2, -0.15) is 0 Å². The van der Waals surface area contributed by atoms with E-state index < -0.39 is 0 Å². The fraction of sp³-hybridized carbons (Fsp3) is 0.600. The maximum Gasteiger partial charge on any atom is 0.120 e. The number of aromatic hydroxyl groups is 1. The molecule has 1 aliphatic carbocycles. The molecule has 1 aliphatic rings. The molecule has 0 bridgehead atoms. The monoisotopic (exact) mass is 233 g/mol. The molecule has 1 saturated carbocycles. The van der Waals surface area contributed by atoms with Crippen molar-refractivity contribution < 1.29 is 5.11 Å². The van der Waals surface area contributed by atoms with Crippen molar-refractivity contribution in [1.29, 1.82) is 0 Å². The van der Waals surface area contributed by atoms with Gasteiger partial charge in [0.05, 0.1) is 0 Å². The molecule has 0 unspecified atom stereocenters. The van der Waals surface area contributed by atoms with Gasteiger partial charge in [0.15, 0.2) is 0 Å². The van der Waals surface area contributed by atoms with Crippen LogP contribution in [-0.2, 0) is 12.0 Å². The van der Waals surface area contributed by atoms with E-state index in [1.54, 1.807) is 6.07 Å². The third kappa shape index (κ3) is 2.63. The Hall–Kier alpha value is -1.02. The first-order valence-corrected chi connectivity index (χ1v) is 6.41. The predicted molar refractivity (Wildman–Crippen MR) is 71.0 cm³/mol. The highest BCUT2D eigenvalue weighted by atomic mass is 16.3. The Morgan fingerprint density at radius 2 is 1.94 bits per heavy atom. The molecular weight excluding hydrogens is 210 g/mol. The summed E-state index contributed by atoms with van der Waals surface area (Å²) in [5.41, 5.74) is 8.48. The number of hydrogen-bond donors (Lipinski definition) is 2. The summed E-state index contributed by atoms with van der Waals surface area (Å²) in [6, 6.07) is 5.90. The van der Waals surface area contributed by atoms with Gasteiger partial charge in [-0.15, -0.1) is 0 Å². The largest absolute Gasteiger partial charge is 0.508 e. The van der Waals surface area contributed by atoms with Crippen LogP contribution in [0, 0.1) is 5.41 Å². The maximum absolute atomic E-state index is 9.95. The predicted octanol–water partition coefficient (Wildman–Crippen LogP) is 3.32. The molecule has 2 nitrogen and oxygen atoms in total. The van der Waals surface area contributed by atoms with Gasteiger partial charge in [0.2, 0.25) is 0 Å². The summed E-state index contributed by atoms with van der Waals surface area (Å²) in [4.78, 5) is 0. The Labute approximate surface area is 104 Å². The molecule has 0 aliphatic heterocycles. The number of rotatable bonds is 2. The minimum absolute atomic E-state index is 0.260. The topological polar surface area (TPSA) is 46.2 Å². The molecule has 0 spiro atoms. The van der Waals surface area contributed by atoms with E-state index >= 15 is 0 Å². The Morgan fingerprint density at radius 3 is 2.41 bits per heavy atom. The number of phenols is 1. The molecule has 0 heterocycles. The van der Waals surface area contributed by atoms with E-state index in [-0.39, 0.29) is 11.0 Å². The van der Waals surface area contributed by atoms with Crippen molar-refractivity contribution in [3.05, 3.63) is 29.3 Å². The van der Waals surface area contributed by atoms with Crippen LogP contribution >= 0.6 is 0 Å². The quantitative estimate of drug-likeness (QED) is 0.823. The molecule has 3 N–H and O–H groups in total. The summed E-state index contributed by atoms with van der Waals surface area (Å²) in [5.74, 6) is 0.352. The summed E-state index contributed by atoms with van der Waals surface area (Å²) in [7, 11) is 0. The van der Waals surface area contributed by atoms with Crippen molar-refractivity contribution in [2.24, 2.45) is 11.1 Å².